The van der Waals surface area contributed by atoms with Gasteiger partial charge in [0.05, 0.1) is 10.9 Å². The van der Waals surface area contributed by atoms with Crippen LogP contribution in [0.15, 0.2) is 36.4 Å². The van der Waals surface area contributed by atoms with Crippen molar-refractivity contribution in [1.29, 1.82) is 0 Å². The predicted molar refractivity (Wildman–Crippen MR) is 128 cm³/mol. The van der Waals surface area contributed by atoms with Crippen molar-refractivity contribution in [2.24, 2.45) is 0 Å². The molecule has 1 aliphatic heterocycles. The van der Waals surface area contributed by atoms with Crippen LogP contribution in [0.2, 0.25) is 0 Å². The van der Waals surface area contributed by atoms with Crippen molar-refractivity contribution in [3.8, 4) is 11.1 Å². The number of alkyl halides is 3. The maximum atomic E-state index is 15.4. The molecular formula is C25H21F5N6O. The Morgan fingerprint density at radius 3 is 2.51 bits per heavy atom. The lowest BCUT2D eigenvalue weighted by atomic mass is 10.0. The van der Waals surface area contributed by atoms with E-state index >= 15 is 4.39 Å². The normalized spacial score (nSPS) is 14.3. The van der Waals surface area contributed by atoms with Gasteiger partial charge in [0.1, 0.15) is 28.9 Å². The van der Waals surface area contributed by atoms with Gasteiger partial charge in [-0.1, -0.05) is 0 Å². The number of rotatable bonds is 4. The summed E-state index contributed by atoms with van der Waals surface area (Å²) in [4.78, 5) is 27.2. The van der Waals surface area contributed by atoms with Gasteiger partial charge in [0, 0.05) is 42.1 Å². The number of nitrogens with one attached hydrogen (secondary N) is 1. The molecule has 0 radical (unpaired) electrons. The molecule has 0 saturated carbocycles. The summed E-state index contributed by atoms with van der Waals surface area (Å²) in [5, 5.41) is 0.492. The lowest BCUT2D eigenvalue weighted by molar-refractivity contribution is -0.137. The van der Waals surface area contributed by atoms with Gasteiger partial charge in [-0.2, -0.15) is 13.2 Å². The average Bonchev–Trinajstić information content (AvgIpc) is 3.32. The number of carbonyl (C=O) groups excluding carboxylic acids is 1. The molecule has 37 heavy (non-hydrogen) atoms. The summed E-state index contributed by atoms with van der Waals surface area (Å²) in [6.45, 7) is 3.60. The van der Waals surface area contributed by atoms with Crippen LogP contribution in [0.3, 0.4) is 0 Å². The van der Waals surface area contributed by atoms with E-state index in [9.17, 15) is 22.4 Å². The summed E-state index contributed by atoms with van der Waals surface area (Å²) in [7, 11) is 0. The van der Waals surface area contributed by atoms with Crippen LogP contribution in [0.1, 0.15) is 22.6 Å². The van der Waals surface area contributed by atoms with Gasteiger partial charge in [-0.05, 0) is 55.8 Å². The van der Waals surface area contributed by atoms with Crippen LogP contribution in [0, 0.1) is 25.5 Å². The summed E-state index contributed by atoms with van der Waals surface area (Å²) >= 11 is 0. The second-order valence-electron chi connectivity index (χ2n) is 8.87. The molecule has 1 fully saturated rings. The molecule has 0 bridgehead atoms. The minimum atomic E-state index is -4.71. The van der Waals surface area contributed by atoms with Gasteiger partial charge in [0.2, 0.25) is 0 Å². The smallest absolute Gasteiger partial charge is 0.383 e. The van der Waals surface area contributed by atoms with Crippen molar-refractivity contribution >= 4 is 28.6 Å². The summed E-state index contributed by atoms with van der Waals surface area (Å²) in [5.74, 6) is -0.965. The zero-order chi connectivity index (χ0) is 26.6. The Kier molecular flexibility index (Phi) is 5.76. The highest BCUT2D eigenvalue weighted by Crippen LogP contribution is 2.37. The van der Waals surface area contributed by atoms with Crippen molar-refractivity contribution in [1.82, 2.24) is 19.9 Å². The van der Waals surface area contributed by atoms with Crippen LogP contribution >= 0.6 is 0 Å². The third-order valence-electron chi connectivity index (χ3n) is 6.27. The molecule has 192 valence electrons. The number of benzene rings is 2. The summed E-state index contributed by atoms with van der Waals surface area (Å²) in [6.07, 6.45) is -4.71. The predicted octanol–water partition coefficient (Wildman–Crippen LogP) is 5.56. The number of carbonyl (C=O) groups is 1. The monoisotopic (exact) mass is 516 g/mol. The maximum absolute atomic E-state index is 15.4. The Bertz CT molecular complexity index is 1550. The molecule has 0 atom stereocenters. The minimum absolute atomic E-state index is 0.00825. The van der Waals surface area contributed by atoms with Crippen LogP contribution in [0.5, 0.6) is 0 Å². The number of amides is 2. The largest absolute Gasteiger partial charge is 0.416 e. The van der Waals surface area contributed by atoms with Gasteiger partial charge in [0.15, 0.2) is 0 Å². The lowest BCUT2D eigenvalue weighted by Crippen LogP contribution is -2.31. The fourth-order valence-electron chi connectivity index (χ4n) is 4.66. The van der Waals surface area contributed by atoms with E-state index in [4.69, 9.17) is 5.73 Å². The van der Waals surface area contributed by atoms with Crippen LogP contribution < -0.4 is 10.6 Å². The Morgan fingerprint density at radius 1 is 1.05 bits per heavy atom. The number of halogens is 5. The molecular weight excluding hydrogens is 495 g/mol. The van der Waals surface area contributed by atoms with Gasteiger partial charge in [-0.3, -0.25) is 4.90 Å². The van der Waals surface area contributed by atoms with E-state index in [0.29, 0.717) is 34.2 Å². The average molecular weight is 516 g/mol. The van der Waals surface area contributed by atoms with Crippen molar-refractivity contribution in [2.45, 2.75) is 26.6 Å². The molecule has 2 aromatic heterocycles. The number of anilines is 2. The number of hydrogen-bond donors (Lipinski definition) is 2. The number of aromatic amines is 1. The Morgan fingerprint density at radius 2 is 1.81 bits per heavy atom. The molecule has 1 aliphatic rings. The van der Waals surface area contributed by atoms with Crippen molar-refractivity contribution in [3.63, 3.8) is 0 Å². The third kappa shape index (κ3) is 4.43. The first-order valence-electron chi connectivity index (χ1n) is 11.3. The van der Waals surface area contributed by atoms with Gasteiger partial charge in [-0.25, -0.2) is 23.5 Å². The van der Waals surface area contributed by atoms with Gasteiger partial charge in [0.25, 0.3) is 0 Å². The number of aromatic nitrogens is 3. The first-order valence-corrected chi connectivity index (χ1v) is 11.3. The molecule has 0 spiro atoms. The molecule has 1 saturated heterocycles. The molecule has 2 amide bonds. The Balaban J connectivity index is 1.41. The van der Waals surface area contributed by atoms with E-state index < -0.39 is 29.4 Å². The lowest BCUT2D eigenvalue weighted by Gasteiger charge is -2.20. The minimum Gasteiger partial charge on any atom is -0.383 e. The number of nitrogen functional groups attached to an aromatic ring is 1. The van der Waals surface area contributed by atoms with Crippen molar-refractivity contribution in [2.75, 3.05) is 23.7 Å². The molecule has 3 N–H and O–H groups in total. The van der Waals surface area contributed by atoms with E-state index in [-0.39, 0.29) is 42.3 Å². The Hall–Kier alpha value is -4.22. The molecule has 7 nitrogen and oxygen atoms in total. The first-order chi connectivity index (χ1) is 17.4. The SMILES string of the molecule is Cc1nc(N)c2c(-c3ccc(N4CCN(Cc5cc(F)cc(C(F)(F)F)c5)C4=O)cc3F)c(C)[nH]c2n1. The van der Waals surface area contributed by atoms with Crippen LogP contribution in [0.4, 0.5) is 38.3 Å². The van der Waals surface area contributed by atoms with Crippen LogP contribution in [-0.2, 0) is 12.7 Å². The second-order valence-corrected chi connectivity index (χ2v) is 8.87. The quantitative estimate of drug-likeness (QED) is 0.348. The molecule has 5 rings (SSSR count). The van der Waals surface area contributed by atoms with Crippen LogP contribution in [0.25, 0.3) is 22.2 Å². The number of hydrogen-bond acceptors (Lipinski definition) is 4. The highest BCUT2D eigenvalue weighted by molar-refractivity contribution is 6.02. The van der Waals surface area contributed by atoms with Crippen LogP contribution in [-0.4, -0.2) is 39.0 Å². The van der Waals surface area contributed by atoms with E-state index in [0.717, 1.165) is 12.1 Å². The van der Waals surface area contributed by atoms with Gasteiger partial charge in [-0.15, -0.1) is 0 Å². The highest BCUT2D eigenvalue weighted by atomic mass is 19.4. The van der Waals surface area contributed by atoms with E-state index in [2.05, 4.69) is 15.0 Å². The number of aryl methyl sites for hydroxylation is 2. The molecule has 3 heterocycles. The first kappa shape index (κ1) is 24.5. The second kappa shape index (κ2) is 8.71. The fourth-order valence-corrected chi connectivity index (χ4v) is 4.66. The fraction of sp³-hybridized carbons (Fsp3) is 0.240. The molecule has 2 aromatic carbocycles. The number of nitrogens with two attached hydrogens (primary N) is 1. The zero-order valence-corrected chi connectivity index (χ0v) is 19.7. The van der Waals surface area contributed by atoms with Gasteiger partial charge >= 0.3 is 12.2 Å². The van der Waals surface area contributed by atoms with E-state index in [1.165, 1.54) is 21.9 Å². The number of fused-ring (bicyclic) bond motifs is 1. The maximum Gasteiger partial charge on any atom is 0.416 e. The zero-order valence-electron chi connectivity index (χ0n) is 19.7. The van der Waals surface area contributed by atoms with E-state index in [1.807, 2.05) is 0 Å². The standard InChI is InChI=1S/C25H21F5N6O/c1-12-20(21-22(31)33-13(2)34-23(21)32-12)18-4-3-17(10-19(18)27)36-6-5-35(24(36)37)11-14-7-15(25(28,29)30)9-16(26)8-14/h3-4,7-10H,5-6,11H2,1-2H3,(H3,31,32,33,34). The summed E-state index contributed by atoms with van der Waals surface area (Å²) < 4.78 is 68.2. The third-order valence-corrected chi connectivity index (χ3v) is 6.27. The topological polar surface area (TPSA) is 91.1 Å². The Labute approximate surface area is 207 Å². The van der Waals surface area contributed by atoms with Crippen molar-refractivity contribution in [3.05, 3.63) is 70.7 Å². The number of nitrogens with zero attached hydrogens (tertiary/aromatic N) is 4. The molecule has 4 aromatic rings. The molecule has 12 heteroatoms. The molecule has 0 aliphatic carbocycles. The number of H-pyrrole nitrogens is 1. The summed E-state index contributed by atoms with van der Waals surface area (Å²) in [6, 6.07) is 5.96. The van der Waals surface area contributed by atoms with Crippen molar-refractivity contribution < 1.29 is 26.7 Å². The number of urea groups is 1. The molecule has 0 unspecified atom stereocenters. The summed E-state index contributed by atoms with van der Waals surface area (Å²) in [5.41, 5.74) is 7.13. The van der Waals surface area contributed by atoms with E-state index in [1.54, 1.807) is 19.9 Å². The highest BCUT2D eigenvalue weighted by Gasteiger charge is 2.33. The van der Waals surface area contributed by atoms with Gasteiger partial charge < -0.3 is 15.6 Å².